The summed E-state index contributed by atoms with van der Waals surface area (Å²) >= 11 is 0. The lowest BCUT2D eigenvalue weighted by molar-refractivity contribution is -0.359. The Morgan fingerprint density at radius 2 is 0.986 bits per heavy atom. The Kier molecular flexibility index (Phi) is 37.3. The first-order valence-corrected chi connectivity index (χ1v) is 26.5. The van der Waals surface area contributed by atoms with E-state index in [1.165, 1.54) is 32.1 Å². The zero-order valence-corrected chi connectivity index (χ0v) is 42.5. The maximum atomic E-state index is 13.1. The minimum absolute atomic E-state index is 0.259. The molecule has 0 aliphatic carbocycles. The van der Waals surface area contributed by atoms with Gasteiger partial charge in [0.25, 0.3) is 0 Å². The van der Waals surface area contributed by atoms with Gasteiger partial charge in [-0.3, -0.25) is 4.79 Å². The van der Waals surface area contributed by atoms with Gasteiger partial charge in [0.2, 0.25) is 5.91 Å². The summed E-state index contributed by atoms with van der Waals surface area (Å²) in [5.74, 6) is -0.259. The van der Waals surface area contributed by atoms with E-state index in [1.54, 1.807) is 6.08 Å². The van der Waals surface area contributed by atoms with Crippen LogP contribution in [-0.2, 0) is 23.7 Å². The van der Waals surface area contributed by atoms with Gasteiger partial charge in [-0.25, -0.2) is 0 Å². The van der Waals surface area contributed by atoms with Crippen molar-refractivity contribution in [1.82, 2.24) is 5.32 Å². The van der Waals surface area contributed by atoms with Crippen molar-refractivity contribution in [3.63, 3.8) is 0 Å². The molecule has 12 unspecified atom stereocenters. The molecule has 12 atom stereocenters. The van der Waals surface area contributed by atoms with E-state index in [-0.39, 0.29) is 18.9 Å². The molecule has 1 amide bonds. The lowest BCUT2D eigenvalue weighted by Gasteiger charge is -2.46. The van der Waals surface area contributed by atoms with Crippen LogP contribution < -0.4 is 5.32 Å². The standard InChI is InChI=1S/C56H93NO13/c1-3-5-7-9-10-11-12-13-14-15-16-17-18-19-20-21-22-23-24-25-26-27-28-29-30-31-32-33-34-36-38-40-48(61)57-44(45(60)39-37-35-8-6-4-2)43-67-55-53(66)51(64)54(47(42-59)69-55)70-56-52(65)50(63)49(62)46(41-58)68-56/h5,7,10-11,13-14,16-17,19-20,22-23,25-26,37,39,44-47,49-56,58-60,62-66H,3-4,6,8-9,12,15,18,21,24,27-36,38,40-43H2,1-2H3,(H,57,61)/b7-5-,11-10-,14-13-,17-16-,20-19-,23-22-,26-25-,39-37+. The van der Waals surface area contributed by atoms with Crippen molar-refractivity contribution >= 4 is 5.91 Å². The second-order valence-corrected chi connectivity index (χ2v) is 18.3. The van der Waals surface area contributed by atoms with Crippen molar-refractivity contribution in [3.05, 3.63) is 97.2 Å². The number of carbonyl (C=O) groups excluding carboxylic acids is 1. The third-order valence-electron chi connectivity index (χ3n) is 12.3. The molecular formula is C56H93NO13. The van der Waals surface area contributed by atoms with E-state index in [0.717, 1.165) is 96.3 Å². The zero-order valence-electron chi connectivity index (χ0n) is 42.5. The highest BCUT2D eigenvalue weighted by atomic mass is 16.7. The van der Waals surface area contributed by atoms with Crippen LogP contribution in [0.2, 0.25) is 0 Å². The molecule has 0 spiro atoms. The van der Waals surface area contributed by atoms with Gasteiger partial charge in [0.1, 0.15) is 48.8 Å². The molecule has 0 radical (unpaired) electrons. The van der Waals surface area contributed by atoms with E-state index >= 15 is 0 Å². The Bertz CT molecular complexity index is 1540. The van der Waals surface area contributed by atoms with Gasteiger partial charge in [-0.1, -0.05) is 169 Å². The summed E-state index contributed by atoms with van der Waals surface area (Å²) in [7, 11) is 0. The molecule has 70 heavy (non-hydrogen) atoms. The summed E-state index contributed by atoms with van der Waals surface area (Å²) in [4.78, 5) is 13.1. The number of allylic oxidation sites excluding steroid dienone is 15. The Labute approximate surface area is 420 Å². The number of ether oxygens (including phenoxy) is 4. The van der Waals surface area contributed by atoms with Crippen LogP contribution in [0, 0.1) is 0 Å². The Hall–Kier alpha value is -3.09. The molecule has 0 aromatic carbocycles. The van der Waals surface area contributed by atoms with Crippen LogP contribution in [0.3, 0.4) is 0 Å². The van der Waals surface area contributed by atoms with Gasteiger partial charge in [-0.2, -0.15) is 0 Å². The van der Waals surface area contributed by atoms with E-state index in [2.05, 4.69) is 104 Å². The highest BCUT2D eigenvalue weighted by molar-refractivity contribution is 5.76. The Balaban J connectivity index is 1.62. The van der Waals surface area contributed by atoms with Crippen LogP contribution in [0.4, 0.5) is 0 Å². The van der Waals surface area contributed by atoms with E-state index in [9.17, 15) is 45.6 Å². The fourth-order valence-corrected chi connectivity index (χ4v) is 7.97. The van der Waals surface area contributed by atoms with Crippen LogP contribution >= 0.6 is 0 Å². The number of amides is 1. The van der Waals surface area contributed by atoms with Gasteiger partial charge < -0.3 is 65.1 Å². The van der Waals surface area contributed by atoms with Gasteiger partial charge in [0, 0.05) is 6.42 Å². The van der Waals surface area contributed by atoms with Crippen molar-refractivity contribution in [2.45, 2.75) is 229 Å². The lowest BCUT2D eigenvalue weighted by atomic mass is 9.97. The minimum Gasteiger partial charge on any atom is -0.394 e. The molecule has 14 nitrogen and oxygen atoms in total. The van der Waals surface area contributed by atoms with Crippen molar-refractivity contribution in [3.8, 4) is 0 Å². The fraction of sp³-hybridized carbons (Fsp3) is 0.696. The first-order valence-electron chi connectivity index (χ1n) is 26.5. The molecule has 14 heteroatoms. The molecule has 0 aromatic rings. The molecule has 2 fully saturated rings. The molecule has 2 heterocycles. The molecule has 2 saturated heterocycles. The second kappa shape index (κ2) is 41.4. The molecule has 2 aliphatic heterocycles. The van der Waals surface area contributed by atoms with E-state index in [4.69, 9.17) is 18.9 Å². The average molecular weight is 988 g/mol. The highest BCUT2D eigenvalue weighted by Gasteiger charge is 2.51. The van der Waals surface area contributed by atoms with Crippen LogP contribution in [0.1, 0.15) is 155 Å². The molecule has 9 N–H and O–H groups in total. The molecular weight excluding hydrogens is 895 g/mol. The highest BCUT2D eigenvalue weighted by Crippen LogP contribution is 2.30. The van der Waals surface area contributed by atoms with Crippen molar-refractivity contribution in [1.29, 1.82) is 0 Å². The van der Waals surface area contributed by atoms with Gasteiger partial charge in [0.15, 0.2) is 12.6 Å². The number of aliphatic hydroxyl groups excluding tert-OH is 8. The second-order valence-electron chi connectivity index (χ2n) is 18.3. The summed E-state index contributed by atoms with van der Waals surface area (Å²) in [5.41, 5.74) is 0. The molecule has 0 bridgehead atoms. The van der Waals surface area contributed by atoms with Crippen LogP contribution in [0.15, 0.2) is 97.2 Å². The van der Waals surface area contributed by atoms with Crippen LogP contribution in [-0.4, -0.2) is 140 Å². The quantitative estimate of drug-likeness (QED) is 0.0215. The number of rotatable bonds is 39. The molecule has 2 rings (SSSR count). The van der Waals surface area contributed by atoms with E-state index in [1.807, 2.05) is 6.08 Å². The summed E-state index contributed by atoms with van der Waals surface area (Å²) in [6.07, 6.45) is 39.5. The smallest absolute Gasteiger partial charge is 0.220 e. The normalized spacial score (nSPS) is 26.8. The fourth-order valence-electron chi connectivity index (χ4n) is 7.97. The van der Waals surface area contributed by atoms with Crippen molar-refractivity contribution < 1.29 is 64.6 Å². The van der Waals surface area contributed by atoms with Gasteiger partial charge in [-0.05, 0) is 77.0 Å². The van der Waals surface area contributed by atoms with Crippen molar-refractivity contribution in [2.24, 2.45) is 0 Å². The lowest BCUT2D eigenvalue weighted by Crippen LogP contribution is -2.65. The predicted molar refractivity (Wildman–Crippen MR) is 276 cm³/mol. The minimum atomic E-state index is -1.79. The van der Waals surface area contributed by atoms with Gasteiger partial charge >= 0.3 is 0 Å². The van der Waals surface area contributed by atoms with Gasteiger partial charge in [-0.15, -0.1) is 0 Å². The van der Waals surface area contributed by atoms with E-state index < -0.39 is 86.8 Å². The Morgan fingerprint density at radius 1 is 0.529 bits per heavy atom. The summed E-state index contributed by atoms with van der Waals surface area (Å²) in [5, 5.41) is 86.2. The average Bonchev–Trinajstić information content (AvgIpc) is 3.36. The van der Waals surface area contributed by atoms with Crippen LogP contribution in [0.5, 0.6) is 0 Å². The number of unbranched alkanes of at least 4 members (excludes halogenated alkanes) is 12. The van der Waals surface area contributed by atoms with Crippen molar-refractivity contribution in [2.75, 3.05) is 19.8 Å². The number of carbonyl (C=O) groups is 1. The largest absolute Gasteiger partial charge is 0.394 e. The third kappa shape index (κ3) is 27.7. The maximum Gasteiger partial charge on any atom is 0.220 e. The SMILES string of the molecule is CC/C=C\C/C=C\C/C=C\C/C=C\C/C=C\C/C=C\C/C=C\CCCCCCCCCCCC(=O)NC(COC1OC(CO)C(OC2OC(CO)C(O)C(O)C2O)C(O)C1O)C(O)/C=C/CCCCC. The van der Waals surface area contributed by atoms with E-state index in [0.29, 0.717) is 6.42 Å². The molecule has 400 valence electrons. The third-order valence-corrected chi connectivity index (χ3v) is 12.3. The first kappa shape index (κ1) is 63.0. The first-order chi connectivity index (χ1) is 34.1. The number of aliphatic hydroxyl groups is 8. The number of hydrogen-bond donors (Lipinski definition) is 9. The molecule has 0 aromatic heterocycles. The summed E-state index contributed by atoms with van der Waals surface area (Å²) in [6, 6.07) is -0.920. The predicted octanol–water partition coefficient (Wildman–Crippen LogP) is 7.54. The maximum absolute atomic E-state index is 13.1. The van der Waals surface area contributed by atoms with Gasteiger partial charge in [0.05, 0.1) is 32.0 Å². The molecule has 0 saturated carbocycles. The number of hydrogen-bond acceptors (Lipinski definition) is 13. The van der Waals surface area contributed by atoms with Crippen LogP contribution in [0.25, 0.3) is 0 Å². The Morgan fingerprint density at radius 3 is 1.51 bits per heavy atom. The topological polar surface area (TPSA) is 228 Å². The summed E-state index contributed by atoms with van der Waals surface area (Å²) < 4.78 is 22.5. The monoisotopic (exact) mass is 988 g/mol. The number of nitrogens with one attached hydrogen (secondary N) is 1. The zero-order chi connectivity index (χ0) is 51.0. The molecule has 2 aliphatic rings. The summed E-state index contributed by atoms with van der Waals surface area (Å²) in [6.45, 7) is 2.52.